The summed E-state index contributed by atoms with van der Waals surface area (Å²) in [6.07, 6.45) is 3.40. The molecule has 0 saturated heterocycles. The fourth-order valence-electron chi connectivity index (χ4n) is 1.80. The number of hydrogen-bond acceptors (Lipinski definition) is 2. The van der Waals surface area contributed by atoms with Crippen LogP contribution in [0.2, 0.25) is 5.02 Å². The predicted octanol–water partition coefficient (Wildman–Crippen LogP) is 3.14. The minimum absolute atomic E-state index is 0.608. The van der Waals surface area contributed by atoms with Crippen molar-refractivity contribution in [2.24, 2.45) is 0 Å². The van der Waals surface area contributed by atoms with Crippen LogP contribution in [0.5, 0.6) is 0 Å². The van der Waals surface area contributed by atoms with Gasteiger partial charge >= 0.3 is 0 Å². The van der Waals surface area contributed by atoms with Crippen molar-refractivity contribution in [3.05, 3.63) is 46.7 Å². The van der Waals surface area contributed by atoms with E-state index in [9.17, 15) is 0 Å². The maximum absolute atomic E-state index is 5.80. The fourth-order valence-corrected chi connectivity index (χ4v) is 2.17. The number of aryl methyl sites for hydroxylation is 1. The number of nitrogens with one attached hydrogen (secondary N) is 2. The van der Waals surface area contributed by atoms with Crippen LogP contribution in [0.25, 0.3) is 0 Å². The van der Waals surface area contributed by atoms with Crippen LogP contribution in [0.3, 0.4) is 0 Å². The maximum atomic E-state index is 5.80. The number of thiocarbonyl (C=S) groups is 1. The third-order valence-corrected chi connectivity index (χ3v) is 3.52. The zero-order chi connectivity index (χ0) is 14.5. The molecule has 6 heteroatoms. The Balaban J connectivity index is 1.82. The average Bonchev–Trinajstić information content (AvgIpc) is 2.81. The minimum atomic E-state index is 0.608. The molecule has 0 saturated carbocycles. The van der Waals surface area contributed by atoms with E-state index in [4.69, 9.17) is 23.8 Å². The Kier molecular flexibility index (Phi) is 4.98. The quantitative estimate of drug-likeness (QED) is 0.852. The number of aromatic nitrogens is 2. The highest BCUT2D eigenvalue weighted by Crippen LogP contribution is 2.17. The highest BCUT2D eigenvalue weighted by Gasteiger charge is 2.02. The first kappa shape index (κ1) is 14.8. The molecule has 20 heavy (non-hydrogen) atoms. The molecule has 1 heterocycles. The summed E-state index contributed by atoms with van der Waals surface area (Å²) >= 11 is 11.1. The summed E-state index contributed by atoms with van der Waals surface area (Å²) in [5.41, 5.74) is 3.48. The lowest BCUT2D eigenvalue weighted by Crippen LogP contribution is -2.31. The lowest BCUT2D eigenvalue weighted by atomic mass is 10.1. The smallest absolute Gasteiger partial charge is 0.170 e. The molecule has 2 N–H and O–H groups in total. The zero-order valence-electron chi connectivity index (χ0n) is 11.5. The largest absolute Gasteiger partial charge is 0.361 e. The molecule has 2 rings (SSSR count). The molecule has 0 aliphatic heterocycles. The zero-order valence-corrected chi connectivity index (χ0v) is 13.1. The summed E-state index contributed by atoms with van der Waals surface area (Å²) in [7, 11) is 0. The standard InChI is InChI=1S/C14H17ClN4S/c1-10-4-3-5-13(11(10)2)18-14(20)16-6-7-19-9-12(15)8-17-19/h3-5,8-9H,6-7H2,1-2H3,(H2,16,18,20). The number of anilines is 1. The second-order valence-electron chi connectivity index (χ2n) is 4.55. The van der Waals surface area contributed by atoms with Gasteiger partial charge in [0.15, 0.2) is 5.11 Å². The molecule has 1 aromatic carbocycles. The molecule has 0 radical (unpaired) electrons. The van der Waals surface area contributed by atoms with Gasteiger partial charge in [0.05, 0.1) is 17.8 Å². The topological polar surface area (TPSA) is 41.9 Å². The summed E-state index contributed by atoms with van der Waals surface area (Å²) < 4.78 is 1.77. The van der Waals surface area contributed by atoms with E-state index < -0.39 is 0 Å². The molecule has 106 valence electrons. The molecule has 0 unspecified atom stereocenters. The molecule has 2 aromatic rings. The molecule has 0 amide bonds. The van der Waals surface area contributed by atoms with Gasteiger partial charge in [0, 0.05) is 18.4 Å². The third-order valence-electron chi connectivity index (χ3n) is 3.08. The van der Waals surface area contributed by atoms with Gasteiger partial charge < -0.3 is 10.6 Å². The van der Waals surface area contributed by atoms with E-state index in [2.05, 4.69) is 35.6 Å². The Morgan fingerprint density at radius 2 is 2.20 bits per heavy atom. The Morgan fingerprint density at radius 3 is 2.90 bits per heavy atom. The van der Waals surface area contributed by atoms with Crippen LogP contribution in [0, 0.1) is 13.8 Å². The van der Waals surface area contributed by atoms with Crippen LogP contribution >= 0.6 is 23.8 Å². The monoisotopic (exact) mass is 308 g/mol. The lowest BCUT2D eigenvalue weighted by molar-refractivity contribution is 0.604. The molecule has 0 bridgehead atoms. The predicted molar refractivity (Wildman–Crippen MR) is 87.4 cm³/mol. The van der Waals surface area contributed by atoms with Gasteiger partial charge in [-0.2, -0.15) is 5.10 Å². The van der Waals surface area contributed by atoms with Gasteiger partial charge in [0.1, 0.15) is 0 Å². The van der Waals surface area contributed by atoms with Crippen molar-refractivity contribution in [1.29, 1.82) is 0 Å². The first-order chi connectivity index (χ1) is 9.56. The normalized spacial score (nSPS) is 10.3. The van der Waals surface area contributed by atoms with Gasteiger partial charge in [-0.15, -0.1) is 0 Å². The first-order valence-corrected chi connectivity index (χ1v) is 7.14. The molecular weight excluding hydrogens is 292 g/mol. The van der Waals surface area contributed by atoms with E-state index in [-0.39, 0.29) is 0 Å². The molecular formula is C14H17ClN4S. The fraction of sp³-hybridized carbons (Fsp3) is 0.286. The maximum Gasteiger partial charge on any atom is 0.170 e. The van der Waals surface area contributed by atoms with Crippen molar-refractivity contribution in [3.8, 4) is 0 Å². The lowest BCUT2D eigenvalue weighted by Gasteiger charge is -2.13. The van der Waals surface area contributed by atoms with E-state index in [0.29, 0.717) is 23.2 Å². The van der Waals surface area contributed by atoms with Gasteiger partial charge in [-0.05, 0) is 43.3 Å². The van der Waals surface area contributed by atoms with Crippen LogP contribution in [0.4, 0.5) is 5.69 Å². The van der Waals surface area contributed by atoms with Gasteiger partial charge in [-0.1, -0.05) is 23.7 Å². The van der Waals surface area contributed by atoms with E-state index >= 15 is 0 Å². The number of hydrogen-bond donors (Lipinski definition) is 2. The minimum Gasteiger partial charge on any atom is -0.361 e. The van der Waals surface area contributed by atoms with Crippen LogP contribution < -0.4 is 10.6 Å². The van der Waals surface area contributed by atoms with Gasteiger partial charge in [-0.3, -0.25) is 4.68 Å². The van der Waals surface area contributed by atoms with Crippen molar-refractivity contribution in [1.82, 2.24) is 15.1 Å². The Bertz CT molecular complexity index is 609. The van der Waals surface area contributed by atoms with Crippen molar-refractivity contribution in [2.75, 3.05) is 11.9 Å². The molecule has 0 fully saturated rings. The first-order valence-electron chi connectivity index (χ1n) is 6.35. The summed E-state index contributed by atoms with van der Waals surface area (Å²) in [6, 6.07) is 6.11. The second kappa shape index (κ2) is 6.72. The molecule has 0 aliphatic rings. The third kappa shape index (κ3) is 3.95. The van der Waals surface area contributed by atoms with E-state index in [0.717, 1.165) is 5.69 Å². The molecule has 1 aromatic heterocycles. The summed E-state index contributed by atoms with van der Waals surface area (Å²) in [6.45, 7) is 5.56. The number of rotatable bonds is 4. The highest BCUT2D eigenvalue weighted by atomic mass is 35.5. The van der Waals surface area contributed by atoms with Crippen LogP contribution in [-0.2, 0) is 6.54 Å². The van der Waals surface area contributed by atoms with E-state index in [1.165, 1.54) is 11.1 Å². The Labute approximate surface area is 129 Å². The SMILES string of the molecule is Cc1cccc(NC(=S)NCCn2cc(Cl)cn2)c1C. The van der Waals surface area contributed by atoms with Crippen LogP contribution in [0.15, 0.2) is 30.6 Å². The van der Waals surface area contributed by atoms with Gasteiger partial charge in [-0.25, -0.2) is 0 Å². The summed E-state index contributed by atoms with van der Waals surface area (Å²) in [4.78, 5) is 0. The van der Waals surface area contributed by atoms with Crippen LogP contribution in [0.1, 0.15) is 11.1 Å². The number of halogens is 1. The van der Waals surface area contributed by atoms with Gasteiger partial charge in [0.2, 0.25) is 0 Å². The van der Waals surface area contributed by atoms with E-state index in [1.807, 2.05) is 12.1 Å². The van der Waals surface area contributed by atoms with Crippen molar-refractivity contribution in [3.63, 3.8) is 0 Å². The molecule has 4 nitrogen and oxygen atoms in total. The molecule has 0 atom stereocenters. The second-order valence-corrected chi connectivity index (χ2v) is 5.39. The molecule has 0 spiro atoms. The van der Waals surface area contributed by atoms with Crippen molar-refractivity contribution in [2.45, 2.75) is 20.4 Å². The Morgan fingerprint density at radius 1 is 1.40 bits per heavy atom. The number of benzene rings is 1. The average molecular weight is 309 g/mol. The summed E-state index contributed by atoms with van der Waals surface area (Å²) in [5.74, 6) is 0. The number of nitrogens with zero attached hydrogens (tertiary/aromatic N) is 2. The van der Waals surface area contributed by atoms with E-state index in [1.54, 1.807) is 17.1 Å². The summed E-state index contributed by atoms with van der Waals surface area (Å²) in [5, 5.41) is 11.7. The molecule has 0 aliphatic carbocycles. The Hall–Kier alpha value is -1.59. The van der Waals surface area contributed by atoms with Crippen molar-refractivity contribution >= 4 is 34.6 Å². The van der Waals surface area contributed by atoms with Crippen molar-refractivity contribution < 1.29 is 0 Å². The highest BCUT2D eigenvalue weighted by molar-refractivity contribution is 7.80. The van der Waals surface area contributed by atoms with Gasteiger partial charge in [0.25, 0.3) is 0 Å². The van der Waals surface area contributed by atoms with Crippen LogP contribution in [-0.4, -0.2) is 21.4 Å².